The second kappa shape index (κ2) is 10.9. The van der Waals surface area contributed by atoms with E-state index in [1.54, 1.807) is 0 Å². The van der Waals surface area contributed by atoms with Crippen LogP contribution in [0.15, 0.2) is 97.1 Å². The molecule has 2 heteroatoms. The smallest absolute Gasteiger partial charge is 0.0791 e. The SMILES string of the molecule is Cc1ccc(-c2ccc(C3(c4ccc(-c5ccc(C6(C)CC[N+](C)(C)CC6)cc5)cc4)CCN(C)CC3)cc2)cc1. The number of hydrogen-bond donors (Lipinski definition) is 0. The summed E-state index contributed by atoms with van der Waals surface area (Å²) in [4.78, 5) is 2.47. The molecule has 0 unspecified atom stereocenters. The molecule has 212 valence electrons. The first-order valence-corrected chi connectivity index (χ1v) is 15.6. The highest BCUT2D eigenvalue weighted by atomic mass is 15.3. The van der Waals surface area contributed by atoms with Crippen molar-refractivity contribution in [2.45, 2.75) is 50.4 Å². The first kappa shape index (κ1) is 27.9. The van der Waals surface area contributed by atoms with Crippen LogP contribution in [0.1, 0.15) is 54.9 Å². The molecule has 2 nitrogen and oxygen atoms in total. The summed E-state index contributed by atoms with van der Waals surface area (Å²) >= 11 is 0. The van der Waals surface area contributed by atoms with Gasteiger partial charge in [0.1, 0.15) is 0 Å². The van der Waals surface area contributed by atoms with E-state index in [0.717, 1.165) is 30.4 Å². The maximum Gasteiger partial charge on any atom is 0.0791 e. The van der Waals surface area contributed by atoms with E-state index in [-0.39, 0.29) is 5.41 Å². The van der Waals surface area contributed by atoms with Gasteiger partial charge in [-0.05, 0) is 78.8 Å². The number of piperidine rings is 2. The van der Waals surface area contributed by atoms with Crippen molar-refractivity contribution in [3.05, 3.63) is 119 Å². The molecule has 0 amide bonds. The van der Waals surface area contributed by atoms with Gasteiger partial charge in [0.25, 0.3) is 0 Å². The van der Waals surface area contributed by atoms with Crippen LogP contribution in [0, 0.1) is 6.92 Å². The Bertz CT molecular complexity index is 1440. The average molecular weight is 544 g/mol. The molecule has 0 aliphatic carbocycles. The second-order valence-corrected chi connectivity index (χ2v) is 13.9. The molecule has 2 heterocycles. The predicted molar refractivity (Wildman–Crippen MR) is 174 cm³/mol. The molecule has 2 fully saturated rings. The minimum Gasteiger partial charge on any atom is -0.328 e. The standard InChI is InChI=1S/C39H47N2/c1-30-6-8-31(9-7-30)33-12-18-36(19-13-33)39(22-26-40(3)27-23-39)37-20-14-34(15-21-37)32-10-16-35(17-11-32)38(2)24-28-41(4,5)29-25-38/h6-21H,22-29H2,1-5H3/q+1. The molecule has 2 aliphatic rings. The predicted octanol–water partition coefficient (Wildman–Crippen LogP) is 8.47. The first-order chi connectivity index (χ1) is 19.7. The maximum absolute atomic E-state index is 2.47. The molecule has 0 radical (unpaired) electrons. The fourth-order valence-electron chi connectivity index (χ4n) is 7.14. The minimum atomic E-state index is 0.0581. The Kier molecular flexibility index (Phi) is 7.42. The Balaban J connectivity index is 1.25. The highest BCUT2D eigenvalue weighted by Crippen LogP contribution is 2.43. The van der Waals surface area contributed by atoms with Gasteiger partial charge in [-0.15, -0.1) is 0 Å². The summed E-state index contributed by atoms with van der Waals surface area (Å²) in [6.45, 7) is 9.37. The number of likely N-dealkylation sites (tertiary alicyclic amines) is 2. The van der Waals surface area contributed by atoms with E-state index in [4.69, 9.17) is 0 Å². The summed E-state index contributed by atoms with van der Waals surface area (Å²) in [5.41, 5.74) is 11.3. The lowest BCUT2D eigenvalue weighted by Gasteiger charge is -2.43. The molecule has 0 saturated carbocycles. The van der Waals surface area contributed by atoms with E-state index < -0.39 is 0 Å². The largest absolute Gasteiger partial charge is 0.328 e. The van der Waals surface area contributed by atoms with Crippen LogP contribution in [0.4, 0.5) is 0 Å². The van der Waals surface area contributed by atoms with Gasteiger partial charge in [0.2, 0.25) is 0 Å². The third-order valence-corrected chi connectivity index (χ3v) is 10.6. The number of nitrogens with zero attached hydrogens (tertiary/aromatic N) is 2. The fraction of sp³-hybridized carbons (Fsp3) is 0.385. The molecule has 4 aromatic carbocycles. The molecular formula is C39H47N2+. The van der Waals surface area contributed by atoms with Crippen LogP contribution in [-0.4, -0.2) is 56.7 Å². The lowest BCUT2D eigenvalue weighted by Crippen LogP contribution is -2.50. The van der Waals surface area contributed by atoms with Gasteiger partial charge in [0, 0.05) is 23.7 Å². The number of hydrogen-bond acceptors (Lipinski definition) is 1. The summed E-state index contributed by atoms with van der Waals surface area (Å²) in [6, 6.07) is 37.3. The Labute approximate surface area is 248 Å². The van der Waals surface area contributed by atoms with Crippen molar-refractivity contribution < 1.29 is 4.48 Å². The molecule has 41 heavy (non-hydrogen) atoms. The zero-order chi connectivity index (χ0) is 28.7. The zero-order valence-electron chi connectivity index (χ0n) is 25.8. The summed E-state index contributed by atoms with van der Waals surface area (Å²) in [6.07, 6.45) is 4.82. The quantitative estimate of drug-likeness (QED) is 0.228. The lowest BCUT2D eigenvalue weighted by molar-refractivity contribution is -0.896. The van der Waals surface area contributed by atoms with Crippen LogP contribution in [0.3, 0.4) is 0 Å². The van der Waals surface area contributed by atoms with Crippen molar-refractivity contribution in [3.8, 4) is 22.3 Å². The van der Waals surface area contributed by atoms with Crippen molar-refractivity contribution >= 4 is 0 Å². The van der Waals surface area contributed by atoms with Gasteiger partial charge < -0.3 is 9.38 Å². The van der Waals surface area contributed by atoms with Crippen LogP contribution in [0.25, 0.3) is 22.3 Å². The molecule has 0 atom stereocenters. The van der Waals surface area contributed by atoms with Gasteiger partial charge in [-0.25, -0.2) is 0 Å². The molecular weight excluding hydrogens is 496 g/mol. The number of quaternary nitrogens is 1. The van der Waals surface area contributed by atoms with E-state index >= 15 is 0 Å². The summed E-state index contributed by atoms with van der Waals surface area (Å²) in [5.74, 6) is 0. The van der Waals surface area contributed by atoms with E-state index in [1.165, 1.54) is 70.4 Å². The van der Waals surface area contributed by atoms with Crippen LogP contribution >= 0.6 is 0 Å². The number of rotatable bonds is 5. The average Bonchev–Trinajstić information content (AvgIpc) is 3.00. The summed E-state index contributed by atoms with van der Waals surface area (Å²) in [7, 11) is 6.98. The molecule has 0 bridgehead atoms. The first-order valence-electron chi connectivity index (χ1n) is 15.6. The third kappa shape index (κ3) is 5.65. The van der Waals surface area contributed by atoms with E-state index in [1.807, 2.05) is 0 Å². The highest BCUT2D eigenvalue weighted by Gasteiger charge is 2.38. The van der Waals surface area contributed by atoms with Gasteiger partial charge in [-0.1, -0.05) is 110 Å². The molecule has 0 N–H and O–H groups in total. The minimum absolute atomic E-state index is 0.0581. The molecule has 0 aromatic heterocycles. The van der Waals surface area contributed by atoms with Crippen molar-refractivity contribution in [2.24, 2.45) is 0 Å². The van der Waals surface area contributed by atoms with Gasteiger partial charge in [0.05, 0.1) is 27.2 Å². The summed E-state index contributed by atoms with van der Waals surface area (Å²) in [5, 5.41) is 0. The highest BCUT2D eigenvalue weighted by molar-refractivity contribution is 5.66. The van der Waals surface area contributed by atoms with Crippen molar-refractivity contribution in [1.82, 2.24) is 4.90 Å². The fourth-order valence-corrected chi connectivity index (χ4v) is 7.14. The normalized spacial score (nSPS) is 20.0. The van der Waals surface area contributed by atoms with Crippen LogP contribution < -0.4 is 0 Å². The Hall–Kier alpha value is -3.20. The van der Waals surface area contributed by atoms with E-state index in [2.05, 4.69) is 137 Å². The molecule has 4 aromatic rings. The van der Waals surface area contributed by atoms with Crippen LogP contribution in [0.2, 0.25) is 0 Å². The Morgan fingerprint density at radius 1 is 0.537 bits per heavy atom. The van der Waals surface area contributed by atoms with Crippen LogP contribution in [-0.2, 0) is 10.8 Å². The Morgan fingerprint density at radius 2 is 0.902 bits per heavy atom. The van der Waals surface area contributed by atoms with E-state index in [0.29, 0.717) is 5.41 Å². The molecule has 2 saturated heterocycles. The molecule has 2 aliphatic heterocycles. The van der Waals surface area contributed by atoms with Crippen molar-refractivity contribution in [3.63, 3.8) is 0 Å². The molecule has 6 rings (SSSR count). The van der Waals surface area contributed by atoms with Gasteiger partial charge in [-0.2, -0.15) is 0 Å². The maximum atomic E-state index is 2.47. The third-order valence-electron chi connectivity index (χ3n) is 10.6. The van der Waals surface area contributed by atoms with Crippen LogP contribution in [0.5, 0.6) is 0 Å². The zero-order valence-corrected chi connectivity index (χ0v) is 25.8. The number of benzene rings is 4. The van der Waals surface area contributed by atoms with Gasteiger partial charge in [0.15, 0.2) is 0 Å². The van der Waals surface area contributed by atoms with Crippen molar-refractivity contribution in [2.75, 3.05) is 47.3 Å². The lowest BCUT2D eigenvalue weighted by atomic mass is 9.67. The van der Waals surface area contributed by atoms with Gasteiger partial charge in [-0.3, -0.25) is 0 Å². The second-order valence-electron chi connectivity index (χ2n) is 13.9. The van der Waals surface area contributed by atoms with E-state index in [9.17, 15) is 0 Å². The summed E-state index contributed by atoms with van der Waals surface area (Å²) < 4.78 is 1.15. The topological polar surface area (TPSA) is 3.24 Å². The van der Waals surface area contributed by atoms with Crippen molar-refractivity contribution in [1.29, 1.82) is 0 Å². The van der Waals surface area contributed by atoms with Gasteiger partial charge >= 0.3 is 0 Å². The molecule has 0 spiro atoms. The number of aryl methyl sites for hydroxylation is 1. The monoisotopic (exact) mass is 543 g/mol. The Morgan fingerprint density at radius 3 is 1.32 bits per heavy atom.